The molecule has 1 rings (SSSR count). The highest BCUT2D eigenvalue weighted by atomic mass is 16.3. The quantitative estimate of drug-likeness (QED) is 0.668. The number of hydrogen-bond acceptors (Lipinski definition) is 5. The first-order chi connectivity index (χ1) is 6.16. The standard InChI is InChI=1S/C7H15N5O/c1-5(2)12-7(9-10-11-12)6(13)3-4-8/h5-6,13H,3-4,8H2,1-2H3. The maximum atomic E-state index is 9.60. The Hall–Kier alpha value is -1.01. The molecule has 74 valence electrons. The van der Waals surface area contributed by atoms with Crippen LogP contribution in [0.25, 0.3) is 0 Å². The molecule has 3 N–H and O–H groups in total. The van der Waals surface area contributed by atoms with E-state index in [1.165, 1.54) is 0 Å². The van der Waals surface area contributed by atoms with Crippen LogP contribution in [0.2, 0.25) is 0 Å². The SMILES string of the molecule is CC(C)n1nnnc1C(O)CCN. The number of rotatable bonds is 4. The zero-order valence-electron chi connectivity index (χ0n) is 7.88. The summed E-state index contributed by atoms with van der Waals surface area (Å²) in [5, 5.41) is 20.6. The van der Waals surface area contributed by atoms with Gasteiger partial charge in [-0.1, -0.05) is 0 Å². The van der Waals surface area contributed by atoms with Gasteiger partial charge in [0.2, 0.25) is 0 Å². The van der Waals surface area contributed by atoms with Gasteiger partial charge in [-0.15, -0.1) is 5.10 Å². The van der Waals surface area contributed by atoms with Gasteiger partial charge >= 0.3 is 0 Å². The van der Waals surface area contributed by atoms with Gasteiger partial charge in [0, 0.05) is 0 Å². The van der Waals surface area contributed by atoms with Crippen LogP contribution in [0.3, 0.4) is 0 Å². The predicted molar refractivity (Wildman–Crippen MR) is 46.8 cm³/mol. The van der Waals surface area contributed by atoms with Gasteiger partial charge in [0.1, 0.15) is 6.10 Å². The molecule has 0 spiro atoms. The van der Waals surface area contributed by atoms with E-state index in [9.17, 15) is 5.11 Å². The average Bonchev–Trinajstić information content (AvgIpc) is 2.52. The second kappa shape index (κ2) is 4.29. The van der Waals surface area contributed by atoms with E-state index in [1.54, 1.807) is 4.68 Å². The smallest absolute Gasteiger partial charge is 0.180 e. The molecule has 6 nitrogen and oxygen atoms in total. The van der Waals surface area contributed by atoms with Crippen molar-refractivity contribution in [2.24, 2.45) is 5.73 Å². The molecule has 0 aromatic carbocycles. The third-order valence-electron chi connectivity index (χ3n) is 1.75. The van der Waals surface area contributed by atoms with E-state index < -0.39 is 6.10 Å². The van der Waals surface area contributed by atoms with Crippen LogP contribution in [-0.2, 0) is 0 Å². The van der Waals surface area contributed by atoms with Crippen molar-refractivity contribution in [2.75, 3.05) is 6.54 Å². The Bertz CT molecular complexity index is 259. The van der Waals surface area contributed by atoms with Crippen molar-refractivity contribution in [3.05, 3.63) is 5.82 Å². The first-order valence-electron chi connectivity index (χ1n) is 4.32. The molecular weight excluding hydrogens is 170 g/mol. The summed E-state index contributed by atoms with van der Waals surface area (Å²) >= 11 is 0. The topological polar surface area (TPSA) is 89.8 Å². The van der Waals surface area contributed by atoms with E-state index in [1.807, 2.05) is 13.8 Å². The van der Waals surface area contributed by atoms with E-state index in [0.717, 1.165) is 0 Å². The summed E-state index contributed by atoms with van der Waals surface area (Å²) in [5.41, 5.74) is 5.32. The van der Waals surface area contributed by atoms with Gasteiger partial charge in [0.25, 0.3) is 0 Å². The Kier molecular flexibility index (Phi) is 3.32. The van der Waals surface area contributed by atoms with Crippen molar-refractivity contribution in [1.29, 1.82) is 0 Å². The second-order valence-electron chi connectivity index (χ2n) is 3.17. The lowest BCUT2D eigenvalue weighted by Crippen LogP contribution is -2.15. The van der Waals surface area contributed by atoms with Crippen LogP contribution in [0.4, 0.5) is 0 Å². The molecule has 0 aliphatic rings. The summed E-state index contributed by atoms with van der Waals surface area (Å²) in [6.45, 7) is 4.33. The zero-order valence-corrected chi connectivity index (χ0v) is 7.88. The predicted octanol–water partition coefficient (Wildman–Crippen LogP) is -0.364. The summed E-state index contributed by atoms with van der Waals surface area (Å²) in [4.78, 5) is 0. The van der Waals surface area contributed by atoms with Gasteiger partial charge in [-0.3, -0.25) is 0 Å². The molecule has 1 unspecified atom stereocenters. The summed E-state index contributed by atoms with van der Waals surface area (Å²) in [6.07, 6.45) is -0.185. The van der Waals surface area contributed by atoms with Crippen LogP contribution in [-0.4, -0.2) is 31.9 Å². The van der Waals surface area contributed by atoms with Crippen molar-refractivity contribution >= 4 is 0 Å². The fraction of sp³-hybridized carbons (Fsp3) is 0.857. The Morgan fingerprint density at radius 1 is 1.54 bits per heavy atom. The molecule has 13 heavy (non-hydrogen) atoms. The third-order valence-corrected chi connectivity index (χ3v) is 1.75. The Morgan fingerprint density at radius 3 is 2.77 bits per heavy atom. The molecule has 0 saturated carbocycles. The van der Waals surface area contributed by atoms with Crippen molar-refractivity contribution in [3.8, 4) is 0 Å². The number of hydrogen-bond donors (Lipinski definition) is 2. The Morgan fingerprint density at radius 2 is 2.23 bits per heavy atom. The molecule has 0 fully saturated rings. The molecule has 0 saturated heterocycles. The van der Waals surface area contributed by atoms with E-state index in [4.69, 9.17) is 5.73 Å². The number of nitrogens with two attached hydrogens (primary N) is 1. The fourth-order valence-electron chi connectivity index (χ4n) is 1.07. The van der Waals surface area contributed by atoms with E-state index >= 15 is 0 Å². The molecule has 0 aliphatic heterocycles. The number of nitrogens with zero attached hydrogens (tertiary/aromatic N) is 4. The molecule has 0 bridgehead atoms. The Balaban J connectivity index is 2.80. The van der Waals surface area contributed by atoms with Crippen LogP contribution >= 0.6 is 0 Å². The normalized spacial score (nSPS) is 13.6. The van der Waals surface area contributed by atoms with Gasteiger partial charge in [0.15, 0.2) is 5.82 Å². The van der Waals surface area contributed by atoms with Crippen molar-refractivity contribution < 1.29 is 5.11 Å². The van der Waals surface area contributed by atoms with Crippen molar-refractivity contribution in [2.45, 2.75) is 32.4 Å². The van der Waals surface area contributed by atoms with Crippen LogP contribution in [0.1, 0.15) is 38.2 Å². The molecule has 1 atom stereocenters. The molecule has 1 aromatic heterocycles. The number of aromatic nitrogens is 4. The maximum absolute atomic E-state index is 9.60. The van der Waals surface area contributed by atoms with Gasteiger partial charge in [-0.05, 0) is 37.2 Å². The molecule has 0 radical (unpaired) electrons. The van der Waals surface area contributed by atoms with E-state index in [0.29, 0.717) is 18.8 Å². The van der Waals surface area contributed by atoms with Crippen molar-refractivity contribution in [3.63, 3.8) is 0 Å². The summed E-state index contributed by atoms with van der Waals surface area (Å²) in [5.74, 6) is 0.487. The minimum absolute atomic E-state index is 0.150. The summed E-state index contributed by atoms with van der Waals surface area (Å²) in [6, 6.07) is 0.150. The highest BCUT2D eigenvalue weighted by Gasteiger charge is 2.16. The number of tetrazole rings is 1. The van der Waals surface area contributed by atoms with E-state index in [-0.39, 0.29) is 6.04 Å². The minimum atomic E-state index is -0.664. The lowest BCUT2D eigenvalue weighted by molar-refractivity contribution is 0.152. The van der Waals surface area contributed by atoms with Crippen LogP contribution in [0.15, 0.2) is 0 Å². The zero-order chi connectivity index (χ0) is 9.84. The third kappa shape index (κ3) is 2.22. The van der Waals surface area contributed by atoms with Crippen LogP contribution < -0.4 is 5.73 Å². The summed E-state index contributed by atoms with van der Waals surface area (Å²) < 4.78 is 1.60. The lowest BCUT2D eigenvalue weighted by Gasteiger charge is -2.11. The van der Waals surface area contributed by atoms with Gasteiger partial charge in [-0.2, -0.15) is 0 Å². The second-order valence-corrected chi connectivity index (χ2v) is 3.17. The fourth-order valence-corrected chi connectivity index (χ4v) is 1.07. The first-order valence-corrected chi connectivity index (χ1v) is 4.32. The van der Waals surface area contributed by atoms with Gasteiger partial charge < -0.3 is 10.8 Å². The van der Waals surface area contributed by atoms with Gasteiger partial charge in [0.05, 0.1) is 6.04 Å². The number of aliphatic hydroxyl groups is 1. The highest BCUT2D eigenvalue weighted by Crippen LogP contribution is 2.14. The molecule has 0 aliphatic carbocycles. The van der Waals surface area contributed by atoms with Crippen LogP contribution in [0, 0.1) is 0 Å². The summed E-state index contributed by atoms with van der Waals surface area (Å²) in [7, 11) is 0. The van der Waals surface area contributed by atoms with Crippen molar-refractivity contribution in [1.82, 2.24) is 20.2 Å². The minimum Gasteiger partial charge on any atom is -0.385 e. The highest BCUT2D eigenvalue weighted by molar-refractivity contribution is 4.88. The van der Waals surface area contributed by atoms with E-state index in [2.05, 4.69) is 15.5 Å². The average molecular weight is 185 g/mol. The largest absolute Gasteiger partial charge is 0.385 e. The molecule has 1 heterocycles. The molecule has 1 aromatic rings. The molecule has 0 amide bonds. The lowest BCUT2D eigenvalue weighted by atomic mass is 10.2. The van der Waals surface area contributed by atoms with Crippen LogP contribution in [0.5, 0.6) is 0 Å². The monoisotopic (exact) mass is 185 g/mol. The van der Waals surface area contributed by atoms with Gasteiger partial charge in [-0.25, -0.2) is 4.68 Å². The maximum Gasteiger partial charge on any atom is 0.180 e. The molecule has 6 heteroatoms. The number of aliphatic hydroxyl groups excluding tert-OH is 1. The molecular formula is C7H15N5O. The first kappa shape index (κ1) is 10.1. The Labute approximate surface area is 76.7 Å².